The van der Waals surface area contributed by atoms with Crippen molar-refractivity contribution in [1.29, 1.82) is 0 Å². The first-order valence-corrected chi connectivity index (χ1v) is 19.9. The number of hydrogen-bond donors (Lipinski definition) is 7. The van der Waals surface area contributed by atoms with Gasteiger partial charge in [0, 0.05) is 48.8 Å². The highest BCUT2D eigenvalue weighted by Crippen LogP contribution is 2.48. The molecule has 2 fully saturated rings. The number of aromatic nitrogens is 1. The highest BCUT2D eigenvalue weighted by Gasteiger charge is 2.38. The number of fused-ring (bicyclic) bond motifs is 2. The zero-order chi connectivity index (χ0) is 35.8. The molecule has 5 atom stereocenters. The molecule has 2 heterocycles. The SMILES string of the molecule is CC(O)CNCC1c2cc(C(O)COc3cc(CCc4cc(CO)c(CCCCC5(CCN)CCCC5)o4)ccc3O)[nH]c2CCC2CCCC21. The van der Waals surface area contributed by atoms with Crippen LogP contribution in [0.4, 0.5) is 0 Å². The number of ether oxygens (including phenoxy) is 1. The van der Waals surface area contributed by atoms with E-state index >= 15 is 0 Å². The van der Waals surface area contributed by atoms with Crippen molar-refractivity contribution in [2.75, 3.05) is 26.2 Å². The molecule has 3 aliphatic carbocycles. The summed E-state index contributed by atoms with van der Waals surface area (Å²) in [5.41, 5.74) is 11.5. The molecule has 3 aromatic rings. The molecule has 0 aliphatic heterocycles. The summed E-state index contributed by atoms with van der Waals surface area (Å²) >= 11 is 0. The number of aromatic amines is 1. The second-order valence-corrected chi connectivity index (χ2v) is 16.1. The van der Waals surface area contributed by atoms with E-state index in [9.17, 15) is 20.4 Å². The number of benzene rings is 1. The predicted molar refractivity (Wildman–Crippen MR) is 200 cm³/mol. The van der Waals surface area contributed by atoms with Crippen LogP contribution < -0.4 is 15.8 Å². The lowest BCUT2D eigenvalue weighted by molar-refractivity contribution is 0.103. The lowest BCUT2D eigenvalue weighted by Gasteiger charge is -2.28. The Bertz CT molecular complexity index is 1520. The van der Waals surface area contributed by atoms with Gasteiger partial charge in [0.05, 0.1) is 12.7 Å². The Morgan fingerprint density at radius 3 is 2.65 bits per heavy atom. The van der Waals surface area contributed by atoms with Gasteiger partial charge in [-0.3, -0.25) is 0 Å². The number of phenols is 1. The third-order valence-electron chi connectivity index (χ3n) is 12.4. The molecule has 0 amide bonds. The number of hydrogen-bond acceptors (Lipinski definition) is 8. The van der Waals surface area contributed by atoms with Crippen LogP contribution in [0.3, 0.4) is 0 Å². The number of rotatable bonds is 19. The minimum atomic E-state index is -0.867. The monoisotopic (exact) mass is 705 g/mol. The number of phenolic OH excluding ortho intramolecular Hbond substituents is 1. The zero-order valence-corrected chi connectivity index (χ0v) is 30.8. The molecule has 9 heteroatoms. The van der Waals surface area contributed by atoms with Crippen LogP contribution in [0.25, 0.3) is 0 Å². The van der Waals surface area contributed by atoms with Gasteiger partial charge in [-0.2, -0.15) is 0 Å². The van der Waals surface area contributed by atoms with Crippen LogP contribution in [0.1, 0.15) is 136 Å². The van der Waals surface area contributed by atoms with E-state index in [0.717, 1.165) is 85.9 Å². The van der Waals surface area contributed by atoms with Gasteiger partial charge >= 0.3 is 0 Å². The maximum atomic E-state index is 11.2. The number of nitrogens with one attached hydrogen (secondary N) is 2. The predicted octanol–water partition coefficient (Wildman–Crippen LogP) is 6.74. The highest BCUT2D eigenvalue weighted by molar-refractivity contribution is 5.42. The number of aromatic hydroxyl groups is 1. The number of aliphatic hydroxyl groups excluding tert-OH is 3. The van der Waals surface area contributed by atoms with Gasteiger partial charge in [0.2, 0.25) is 0 Å². The van der Waals surface area contributed by atoms with Crippen molar-refractivity contribution in [2.24, 2.45) is 23.0 Å². The summed E-state index contributed by atoms with van der Waals surface area (Å²) in [6.45, 7) is 3.96. The molecule has 1 aromatic carbocycles. The molecule has 9 nitrogen and oxygen atoms in total. The van der Waals surface area contributed by atoms with E-state index in [0.29, 0.717) is 42.4 Å². The molecular formula is C42H63N3O6. The largest absolute Gasteiger partial charge is 0.504 e. The van der Waals surface area contributed by atoms with Crippen LogP contribution in [0.2, 0.25) is 0 Å². The Morgan fingerprint density at radius 2 is 1.86 bits per heavy atom. The summed E-state index contributed by atoms with van der Waals surface area (Å²) in [5, 5.41) is 45.2. The Morgan fingerprint density at radius 1 is 1.02 bits per heavy atom. The lowest BCUT2D eigenvalue weighted by atomic mass is 9.78. The second-order valence-electron chi connectivity index (χ2n) is 16.1. The summed E-state index contributed by atoms with van der Waals surface area (Å²) in [5.74, 6) is 3.83. The van der Waals surface area contributed by atoms with Gasteiger partial charge in [0.25, 0.3) is 0 Å². The fraction of sp³-hybridized carbons (Fsp3) is 0.667. The van der Waals surface area contributed by atoms with Crippen molar-refractivity contribution in [1.82, 2.24) is 10.3 Å². The number of aliphatic hydroxyl groups is 3. The Kier molecular flexibility index (Phi) is 13.2. The van der Waals surface area contributed by atoms with Gasteiger partial charge in [0.1, 0.15) is 24.2 Å². The number of furan rings is 1. The number of aryl methyl sites for hydroxylation is 4. The molecule has 0 saturated heterocycles. The summed E-state index contributed by atoms with van der Waals surface area (Å²) in [6.07, 6.45) is 16.7. The van der Waals surface area contributed by atoms with Gasteiger partial charge in [-0.1, -0.05) is 38.2 Å². The van der Waals surface area contributed by atoms with E-state index < -0.39 is 6.10 Å². The smallest absolute Gasteiger partial charge is 0.161 e. The third kappa shape index (κ3) is 9.60. The van der Waals surface area contributed by atoms with Gasteiger partial charge in [-0.25, -0.2) is 0 Å². The summed E-state index contributed by atoms with van der Waals surface area (Å²) < 4.78 is 12.3. The van der Waals surface area contributed by atoms with E-state index in [4.69, 9.17) is 14.9 Å². The fourth-order valence-corrected chi connectivity index (χ4v) is 9.67. The van der Waals surface area contributed by atoms with Crippen LogP contribution in [-0.2, 0) is 32.3 Å². The summed E-state index contributed by atoms with van der Waals surface area (Å²) in [6, 6.07) is 9.48. The van der Waals surface area contributed by atoms with Gasteiger partial charge in [-0.15, -0.1) is 0 Å². The van der Waals surface area contributed by atoms with Crippen molar-refractivity contribution in [3.63, 3.8) is 0 Å². The molecule has 3 aliphatic rings. The molecule has 0 bridgehead atoms. The summed E-state index contributed by atoms with van der Waals surface area (Å²) in [7, 11) is 0. The van der Waals surface area contributed by atoms with Crippen molar-refractivity contribution >= 4 is 0 Å². The zero-order valence-electron chi connectivity index (χ0n) is 30.8. The average molecular weight is 706 g/mol. The Labute approximate surface area is 304 Å². The minimum absolute atomic E-state index is 0.0160. The highest BCUT2D eigenvalue weighted by atomic mass is 16.5. The molecule has 8 N–H and O–H groups in total. The molecule has 6 rings (SSSR count). The van der Waals surface area contributed by atoms with E-state index in [-0.39, 0.29) is 25.1 Å². The van der Waals surface area contributed by atoms with E-state index in [1.807, 2.05) is 25.1 Å². The molecule has 51 heavy (non-hydrogen) atoms. The maximum Gasteiger partial charge on any atom is 0.161 e. The second kappa shape index (κ2) is 17.8. The van der Waals surface area contributed by atoms with Crippen LogP contribution in [-0.4, -0.2) is 57.8 Å². The van der Waals surface area contributed by atoms with Crippen molar-refractivity contribution < 1.29 is 29.6 Å². The fourth-order valence-electron chi connectivity index (χ4n) is 9.67. The molecule has 5 unspecified atom stereocenters. The van der Waals surface area contributed by atoms with Crippen molar-refractivity contribution in [2.45, 2.75) is 134 Å². The first-order valence-electron chi connectivity index (χ1n) is 19.9. The molecule has 2 saturated carbocycles. The van der Waals surface area contributed by atoms with Crippen LogP contribution >= 0.6 is 0 Å². The molecule has 2 aromatic heterocycles. The van der Waals surface area contributed by atoms with Gasteiger partial charge in [0.15, 0.2) is 11.5 Å². The van der Waals surface area contributed by atoms with Crippen LogP contribution in [0, 0.1) is 17.3 Å². The van der Waals surface area contributed by atoms with E-state index in [2.05, 4.69) is 16.4 Å². The van der Waals surface area contributed by atoms with Crippen LogP contribution in [0.15, 0.2) is 34.7 Å². The average Bonchev–Trinajstić information content (AvgIpc) is 3.93. The molecule has 282 valence electrons. The van der Waals surface area contributed by atoms with Gasteiger partial charge < -0.3 is 45.6 Å². The van der Waals surface area contributed by atoms with Crippen molar-refractivity contribution in [3.05, 3.63) is 69.9 Å². The minimum Gasteiger partial charge on any atom is -0.504 e. The maximum absolute atomic E-state index is 11.2. The topological polar surface area (TPSA) is 157 Å². The quantitative estimate of drug-likeness (QED) is 0.0676. The molecule has 0 spiro atoms. The van der Waals surface area contributed by atoms with Crippen LogP contribution in [0.5, 0.6) is 11.5 Å². The number of H-pyrrole nitrogens is 1. The van der Waals surface area contributed by atoms with Crippen molar-refractivity contribution in [3.8, 4) is 11.5 Å². The first-order chi connectivity index (χ1) is 24.8. The first kappa shape index (κ1) is 37.9. The molecule has 0 radical (unpaired) electrons. The third-order valence-corrected chi connectivity index (χ3v) is 12.4. The Hall–Kier alpha value is -2.82. The van der Waals surface area contributed by atoms with Gasteiger partial charge in [-0.05, 0) is 124 Å². The Balaban J connectivity index is 1.02. The lowest BCUT2D eigenvalue weighted by Crippen LogP contribution is -2.32. The molecular weight excluding hydrogens is 642 g/mol. The normalized spacial score (nSPS) is 22.4. The van der Waals surface area contributed by atoms with E-state index in [1.165, 1.54) is 62.6 Å². The number of nitrogens with two attached hydrogens (primary N) is 1. The number of unbranched alkanes of at least 4 members (excludes halogenated alkanes) is 1. The van der Waals surface area contributed by atoms with E-state index in [1.54, 1.807) is 6.07 Å². The summed E-state index contributed by atoms with van der Waals surface area (Å²) in [4.78, 5) is 3.54. The standard InChI is InChI=1S/C42H63N3O6/c1-28(47)24-44-25-35-33-8-6-7-30(33)12-14-36-34(35)23-37(45-36)39(49)27-50-41-21-29(11-15-38(41)48)10-13-32-22-31(26-46)40(51-32)9-2-3-16-42(19-20-43)17-4-5-18-42/h11,15,21-23,28,30,33,35,39,44-49H,2-10,12-14,16-20,24-27,43H2,1H3.